The van der Waals surface area contributed by atoms with Gasteiger partial charge in [0.1, 0.15) is 91.6 Å². The summed E-state index contributed by atoms with van der Waals surface area (Å²) in [4.78, 5) is 25.6. The first-order chi connectivity index (χ1) is 32.1. The summed E-state index contributed by atoms with van der Waals surface area (Å²) in [6.07, 6.45) is -16.8. The van der Waals surface area contributed by atoms with Gasteiger partial charge < -0.3 is 109 Å². The van der Waals surface area contributed by atoms with Gasteiger partial charge >= 0.3 is 11.9 Å². The molecule has 1 unspecified atom stereocenters. The predicted octanol–water partition coefficient (Wildman–Crippen LogP) is -5.23. The standard InChI is InChI=1S/C44H64O24/c1-19(11-7-13-21(3)39(58)67-38-34(54)30(50)25(63-41(38)60)17-61-42-35(55)31(51)27(47)23(15-45)64-42)9-5-6-10-20(2)12-8-14-22(4)40(59)68-44-37(57)33(53)29(49)26(66-44)18-62-43-36(56)32(52)28(48)24(16-46)65-43/h5-14,23-38,41-57,60H,15-18H2,1-4H3/b6-5+,11-7+,12-8+,19-9+,20-10+,21-13+,22-14+/t23-,24-,25-,26-,27-,28-,29-,30-,31+,32+,33+,34+,35-,36-,37-,38-,41?,42-,43-,44+/m1/s1. The van der Waals surface area contributed by atoms with Crippen molar-refractivity contribution < 1.29 is 119 Å². The van der Waals surface area contributed by atoms with Crippen LogP contribution in [0.15, 0.2) is 83.1 Å². The van der Waals surface area contributed by atoms with E-state index in [0.29, 0.717) is 0 Å². The van der Waals surface area contributed by atoms with Crippen LogP contribution in [0.2, 0.25) is 0 Å². The molecule has 0 saturated carbocycles. The number of carbonyl (C=O) groups is 2. The average molecular weight is 977 g/mol. The molecule has 0 spiro atoms. The Hall–Kier alpha value is -3.68. The molecule has 4 aliphatic rings. The van der Waals surface area contributed by atoms with Crippen LogP contribution in [0.4, 0.5) is 0 Å². The van der Waals surface area contributed by atoms with Crippen LogP contribution in [-0.4, -0.2) is 233 Å². The zero-order chi connectivity index (χ0) is 50.6. The summed E-state index contributed by atoms with van der Waals surface area (Å²) in [5.41, 5.74) is 1.68. The molecule has 4 fully saturated rings. The molecule has 4 rings (SSSR count). The lowest BCUT2D eigenvalue weighted by molar-refractivity contribution is -0.326. The van der Waals surface area contributed by atoms with Crippen LogP contribution in [-0.2, 0) is 47.5 Å². The van der Waals surface area contributed by atoms with E-state index in [1.54, 1.807) is 62.5 Å². The second-order valence-electron chi connectivity index (χ2n) is 16.5. The van der Waals surface area contributed by atoms with E-state index >= 15 is 0 Å². The third-order valence-electron chi connectivity index (χ3n) is 11.2. The molecule has 20 atom stereocenters. The Morgan fingerprint density at radius 2 is 0.794 bits per heavy atom. The fourth-order valence-corrected chi connectivity index (χ4v) is 6.89. The van der Waals surface area contributed by atoms with Gasteiger partial charge in [0.25, 0.3) is 0 Å². The summed E-state index contributed by atoms with van der Waals surface area (Å²) < 4.78 is 42.4. The Morgan fingerprint density at radius 3 is 1.24 bits per heavy atom. The number of aliphatic hydroxyl groups is 14. The second-order valence-corrected chi connectivity index (χ2v) is 16.5. The molecule has 14 N–H and O–H groups in total. The van der Waals surface area contributed by atoms with Gasteiger partial charge in [0.05, 0.1) is 26.4 Å². The minimum absolute atomic E-state index is 0.0693. The van der Waals surface area contributed by atoms with E-state index in [1.807, 2.05) is 0 Å². The summed E-state index contributed by atoms with van der Waals surface area (Å²) in [7, 11) is 0. The first kappa shape index (κ1) is 56.9. The molecule has 24 nitrogen and oxygen atoms in total. The molecule has 0 aromatic heterocycles. The van der Waals surface area contributed by atoms with Crippen molar-refractivity contribution >= 4 is 11.9 Å². The van der Waals surface area contributed by atoms with Crippen LogP contribution in [0.1, 0.15) is 27.7 Å². The van der Waals surface area contributed by atoms with Gasteiger partial charge in [-0.25, -0.2) is 9.59 Å². The number of carbonyl (C=O) groups excluding carboxylic acids is 2. The number of esters is 2. The third kappa shape index (κ3) is 14.9. The minimum Gasteiger partial charge on any atom is -0.451 e. The van der Waals surface area contributed by atoms with Crippen LogP contribution in [0.25, 0.3) is 0 Å². The Bertz CT molecular complexity index is 1860. The van der Waals surface area contributed by atoms with Crippen molar-refractivity contribution in [1.82, 2.24) is 0 Å². The molecule has 0 aliphatic carbocycles. The van der Waals surface area contributed by atoms with Crippen molar-refractivity contribution in [2.75, 3.05) is 26.4 Å². The van der Waals surface area contributed by atoms with Crippen LogP contribution < -0.4 is 0 Å². The highest BCUT2D eigenvalue weighted by atomic mass is 16.7. The molecule has 0 radical (unpaired) electrons. The molecule has 24 heteroatoms. The largest absolute Gasteiger partial charge is 0.451 e. The van der Waals surface area contributed by atoms with Crippen LogP contribution in [0.3, 0.4) is 0 Å². The number of aliphatic hydroxyl groups excluding tert-OH is 14. The first-order valence-electron chi connectivity index (χ1n) is 21.5. The fraction of sp³-hybridized carbons (Fsp3) is 0.636. The summed E-state index contributed by atoms with van der Waals surface area (Å²) in [5.74, 6) is -1.87. The predicted molar refractivity (Wildman–Crippen MR) is 227 cm³/mol. The molecule has 68 heavy (non-hydrogen) atoms. The van der Waals surface area contributed by atoms with E-state index < -0.39 is 161 Å². The van der Waals surface area contributed by atoms with Gasteiger partial charge in [-0.3, -0.25) is 0 Å². The highest BCUT2D eigenvalue weighted by molar-refractivity contribution is 5.88. The number of rotatable bonds is 18. The molecule has 0 aromatic rings. The SMILES string of the molecule is CC(/C=C/C=C(\C)C(=O)O[C@@H]1O[C@H](CO[C@@H]2O[C@H](CO)[C@@H](O)[C@H](O)[C@H]2O)[C@@H](O)[C@H](O)[C@H]1O)=C\C=C\C=C(C)\C=C\C=C(/C)C(=O)O[C@H]1C(O)O[C@H](CO[C@@H]2O[C@H](CO)[C@@H](O)[C@H](O)[C@H]2O)[C@@H](O)[C@@H]1O. The van der Waals surface area contributed by atoms with Gasteiger partial charge in [-0.2, -0.15) is 0 Å². The average Bonchev–Trinajstić information content (AvgIpc) is 3.31. The number of ether oxygens (including phenoxy) is 8. The van der Waals surface area contributed by atoms with Crippen molar-refractivity contribution in [3.63, 3.8) is 0 Å². The lowest BCUT2D eigenvalue weighted by Crippen LogP contribution is -2.62. The summed E-state index contributed by atoms with van der Waals surface area (Å²) in [6.45, 7) is 3.81. The van der Waals surface area contributed by atoms with Crippen molar-refractivity contribution in [2.24, 2.45) is 0 Å². The Balaban J connectivity index is 1.21. The van der Waals surface area contributed by atoms with Crippen LogP contribution in [0.5, 0.6) is 0 Å². The fourth-order valence-electron chi connectivity index (χ4n) is 6.89. The number of allylic oxidation sites excluding steroid dienone is 12. The molecule has 4 aliphatic heterocycles. The zero-order valence-corrected chi connectivity index (χ0v) is 37.5. The van der Waals surface area contributed by atoms with E-state index in [4.69, 9.17) is 37.9 Å². The maximum atomic E-state index is 12.8. The van der Waals surface area contributed by atoms with Crippen molar-refractivity contribution in [3.8, 4) is 0 Å². The van der Waals surface area contributed by atoms with Gasteiger partial charge in [0.2, 0.25) is 6.29 Å². The Kier molecular flexibility index (Phi) is 22.2. The molecule has 0 aromatic carbocycles. The van der Waals surface area contributed by atoms with E-state index in [0.717, 1.165) is 11.1 Å². The maximum Gasteiger partial charge on any atom is 0.336 e. The molecule has 0 amide bonds. The molecule has 4 heterocycles. The normalized spacial score (nSPS) is 40.3. The molecular formula is C44H64O24. The van der Waals surface area contributed by atoms with Gasteiger partial charge in [0, 0.05) is 11.1 Å². The van der Waals surface area contributed by atoms with Gasteiger partial charge in [0.15, 0.2) is 25.0 Å². The molecule has 384 valence electrons. The second kappa shape index (κ2) is 26.5. The zero-order valence-electron chi connectivity index (χ0n) is 37.5. The summed E-state index contributed by atoms with van der Waals surface area (Å²) in [6, 6.07) is 0. The quantitative estimate of drug-likeness (QED) is 0.0347. The lowest BCUT2D eigenvalue weighted by atomic mass is 9.98. The molecule has 0 bridgehead atoms. The topological polar surface area (TPSA) is 391 Å². The Labute approximate surface area is 390 Å². The smallest absolute Gasteiger partial charge is 0.336 e. The Morgan fingerprint density at radius 1 is 0.426 bits per heavy atom. The lowest BCUT2D eigenvalue weighted by Gasteiger charge is -2.42. The highest BCUT2D eigenvalue weighted by Gasteiger charge is 2.50. The van der Waals surface area contributed by atoms with Gasteiger partial charge in [-0.1, -0.05) is 71.9 Å². The maximum absolute atomic E-state index is 12.8. The van der Waals surface area contributed by atoms with E-state index in [9.17, 15) is 81.1 Å². The van der Waals surface area contributed by atoms with Gasteiger partial charge in [-0.05, 0) is 27.7 Å². The molecule has 4 saturated heterocycles. The summed E-state index contributed by atoms with van der Waals surface area (Å²) in [5, 5.41) is 142. The minimum atomic E-state index is -1.91. The van der Waals surface area contributed by atoms with Crippen molar-refractivity contribution in [3.05, 3.63) is 83.1 Å². The van der Waals surface area contributed by atoms with Crippen LogP contribution >= 0.6 is 0 Å². The van der Waals surface area contributed by atoms with Gasteiger partial charge in [-0.15, -0.1) is 0 Å². The summed E-state index contributed by atoms with van der Waals surface area (Å²) >= 11 is 0. The third-order valence-corrected chi connectivity index (χ3v) is 11.2. The van der Waals surface area contributed by atoms with E-state index in [-0.39, 0.29) is 11.1 Å². The van der Waals surface area contributed by atoms with E-state index in [2.05, 4.69) is 0 Å². The van der Waals surface area contributed by atoms with Crippen molar-refractivity contribution in [1.29, 1.82) is 0 Å². The first-order valence-corrected chi connectivity index (χ1v) is 21.5. The van der Waals surface area contributed by atoms with Crippen molar-refractivity contribution in [2.45, 2.75) is 151 Å². The monoisotopic (exact) mass is 976 g/mol. The highest BCUT2D eigenvalue weighted by Crippen LogP contribution is 2.28. The van der Waals surface area contributed by atoms with Crippen LogP contribution in [0, 0.1) is 0 Å². The number of hydrogen-bond donors (Lipinski definition) is 14. The number of hydrogen-bond acceptors (Lipinski definition) is 24. The molecular weight excluding hydrogens is 912 g/mol. The van der Waals surface area contributed by atoms with E-state index in [1.165, 1.54) is 26.0 Å².